The molecule has 0 spiro atoms. The highest BCUT2D eigenvalue weighted by atomic mass is 16.3. The number of nitrogens with zero attached hydrogens (tertiary/aromatic N) is 2. The number of carbonyl (C=O) groups excluding carboxylic acids is 2. The molecule has 1 amide bonds. The van der Waals surface area contributed by atoms with E-state index >= 15 is 0 Å². The van der Waals surface area contributed by atoms with Crippen LogP contribution in [0.4, 0.5) is 0 Å². The SMILES string of the molecule is O=C(CCc1ccccc1)[C@@H]1CCCN(C(=O)c2ncccc2O)C1. The number of amides is 1. The lowest BCUT2D eigenvalue weighted by atomic mass is 9.90. The molecule has 1 aromatic carbocycles. The number of aromatic nitrogens is 1. The Hall–Kier alpha value is -2.69. The molecule has 3 rings (SSSR count). The highest BCUT2D eigenvalue weighted by molar-refractivity contribution is 5.95. The number of Topliss-reactive ketones (excluding diaryl/α,β-unsaturated/α-hetero) is 1. The summed E-state index contributed by atoms with van der Waals surface area (Å²) in [5, 5.41) is 9.82. The van der Waals surface area contributed by atoms with Crippen LogP contribution < -0.4 is 0 Å². The van der Waals surface area contributed by atoms with Gasteiger partial charge in [-0.05, 0) is 37.0 Å². The summed E-state index contributed by atoms with van der Waals surface area (Å²) >= 11 is 0. The predicted octanol–water partition coefficient (Wildman–Crippen LogP) is 2.84. The van der Waals surface area contributed by atoms with Gasteiger partial charge in [0.1, 0.15) is 11.5 Å². The number of likely N-dealkylation sites (tertiary alicyclic amines) is 1. The third-order valence-corrected chi connectivity index (χ3v) is 4.66. The van der Waals surface area contributed by atoms with E-state index in [0.717, 1.165) is 24.8 Å². The van der Waals surface area contributed by atoms with Gasteiger partial charge in [0.2, 0.25) is 0 Å². The van der Waals surface area contributed by atoms with E-state index in [4.69, 9.17) is 0 Å². The van der Waals surface area contributed by atoms with E-state index in [1.54, 1.807) is 11.0 Å². The maximum absolute atomic E-state index is 12.6. The molecule has 0 saturated carbocycles. The Bertz CT molecular complexity index is 746. The van der Waals surface area contributed by atoms with Gasteiger partial charge in [0.25, 0.3) is 5.91 Å². The van der Waals surface area contributed by atoms with Crippen molar-refractivity contribution >= 4 is 11.7 Å². The van der Waals surface area contributed by atoms with E-state index < -0.39 is 0 Å². The van der Waals surface area contributed by atoms with E-state index in [-0.39, 0.29) is 29.1 Å². The molecule has 5 heteroatoms. The summed E-state index contributed by atoms with van der Waals surface area (Å²) in [6.45, 7) is 1.000. The van der Waals surface area contributed by atoms with Crippen LogP contribution in [0.25, 0.3) is 0 Å². The number of benzene rings is 1. The predicted molar refractivity (Wildman–Crippen MR) is 94.3 cm³/mol. The van der Waals surface area contributed by atoms with Crippen molar-refractivity contribution in [3.8, 4) is 5.75 Å². The summed E-state index contributed by atoms with van der Waals surface area (Å²) in [4.78, 5) is 30.7. The Kier molecular flexibility index (Phi) is 5.43. The fourth-order valence-electron chi connectivity index (χ4n) is 3.25. The van der Waals surface area contributed by atoms with Gasteiger partial charge in [-0.25, -0.2) is 4.98 Å². The Balaban J connectivity index is 1.60. The Morgan fingerprint density at radius 2 is 1.96 bits per heavy atom. The lowest BCUT2D eigenvalue weighted by Crippen LogP contribution is -2.42. The molecule has 0 bridgehead atoms. The topological polar surface area (TPSA) is 70.5 Å². The number of carbonyl (C=O) groups is 2. The second kappa shape index (κ2) is 7.92. The molecular weight excluding hydrogens is 316 g/mol. The number of hydrogen-bond acceptors (Lipinski definition) is 4. The van der Waals surface area contributed by atoms with E-state index in [9.17, 15) is 14.7 Å². The van der Waals surface area contributed by atoms with Gasteiger partial charge in [-0.1, -0.05) is 30.3 Å². The van der Waals surface area contributed by atoms with Gasteiger partial charge in [-0.2, -0.15) is 0 Å². The molecule has 1 N–H and O–H groups in total. The van der Waals surface area contributed by atoms with Gasteiger partial charge >= 0.3 is 0 Å². The van der Waals surface area contributed by atoms with E-state index in [2.05, 4.69) is 4.98 Å². The quantitative estimate of drug-likeness (QED) is 0.910. The Labute approximate surface area is 147 Å². The summed E-state index contributed by atoms with van der Waals surface area (Å²) in [5.41, 5.74) is 1.21. The van der Waals surface area contributed by atoms with Crippen molar-refractivity contribution < 1.29 is 14.7 Å². The summed E-state index contributed by atoms with van der Waals surface area (Å²) in [6.07, 6.45) is 4.31. The minimum absolute atomic E-state index is 0.0554. The number of piperidine rings is 1. The minimum atomic E-state index is -0.307. The molecule has 1 atom stereocenters. The average Bonchev–Trinajstić information content (AvgIpc) is 2.67. The molecule has 1 aliphatic rings. The molecule has 1 aromatic heterocycles. The van der Waals surface area contributed by atoms with Crippen molar-refractivity contribution in [2.75, 3.05) is 13.1 Å². The minimum Gasteiger partial charge on any atom is -0.505 e. The highest BCUT2D eigenvalue weighted by Crippen LogP contribution is 2.23. The van der Waals surface area contributed by atoms with Gasteiger partial charge in [0.05, 0.1) is 0 Å². The molecule has 1 fully saturated rings. The van der Waals surface area contributed by atoms with E-state index in [0.29, 0.717) is 19.5 Å². The molecule has 1 saturated heterocycles. The molecule has 25 heavy (non-hydrogen) atoms. The normalized spacial score (nSPS) is 17.3. The molecule has 5 nitrogen and oxygen atoms in total. The van der Waals surface area contributed by atoms with Crippen molar-refractivity contribution in [1.29, 1.82) is 0 Å². The maximum Gasteiger partial charge on any atom is 0.276 e. The highest BCUT2D eigenvalue weighted by Gasteiger charge is 2.29. The smallest absolute Gasteiger partial charge is 0.276 e. The zero-order valence-electron chi connectivity index (χ0n) is 14.1. The van der Waals surface area contributed by atoms with Crippen LogP contribution in [0.1, 0.15) is 35.3 Å². The number of aromatic hydroxyl groups is 1. The monoisotopic (exact) mass is 338 g/mol. The molecule has 0 radical (unpaired) electrons. The first-order valence-electron chi connectivity index (χ1n) is 8.65. The van der Waals surface area contributed by atoms with E-state index in [1.165, 1.54) is 12.3 Å². The van der Waals surface area contributed by atoms with Crippen LogP contribution in [0.2, 0.25) is 0 Å². The molecular formula is C20H22N2O3. The number of rotatable bonds is 5. The summed E-state index contributed by atoms with van der Waals surface area (Å²) in [6, 6.07) is 13.0. The first-order valence-corrected chi connectivity index (χ1v) is 8.65. The lowest BCUT2D eigenvalue weighted by Gasteiger charge is -2.32. The molecule has 2 heterocycles. The number of hydrogen-bond donors (Lipinski definition) is 1. The molecule has 130 valence electrons. The first kappa shape index (κ1) is 17.1. The van der Waals surface area contributed by atoms with Gasteiger partial charge in [-0.15, -0.1) is 0 Å². The van der Waals surface area contributed by atoms with Gasteiger partial charge < -0.3 is 10.0 Å². The van der Waals surface area contributed by atoms with Crippen molar-refractivity contribution in [1.82, 2.24) is 9.88 Å². The van der Waals surface area contributed by atoms with Gasteiger partial charge in [0, 0.05) is 31.6 Å². The zero-order valence-corrected chi connectivity index (χ0v) is 14.1. The fraction of sp³-hybridized carbons (Fsp3) is 0.350. The van der Waals surface area contributed by atoms with Crippen LogP contribution >= 0.6 is 0 Å². The molecule has 0 aliphatic carbocycles. The second-order valence-corrected chi connectivity index (χ2v) is 6.41. The third kappa shape index (κ3) is 4.24. The van der Waals surface area contributed by atoms with Crippen LogP contribution in [-0.2, 0) is 11.2 Å². The number of ketones is 1. The average molecular weight is 338 g/mol. The van der Waals surface area contributed by atoms with Crippen LogP contribution in [0.3, 0.4) is 0 Å². The van der Waals surface area contributed by atoms with Crippen LogP contribution in [0, 0.1) is 5.92 Å². The van der Waals surface area contributed by atoms with Gasteiger partial charge in [0.15, 0.2) is 5.69 Å². The third-order valence-electron chi connectivity index (χ3n) is 4.66. The molecule has 0 unspecified atom stereocenters. The summed E-state index contributed by atoms with van der Waals surface area (Å²) in [7, 11) is 0. The zero-order chi connectivity index (χ0) is 17.6. The maximum atomic E-state index is 12.6. The first-order chi connectivity index (χ1) is 12.1. The number of pyridine rings is 1. The Morgan fingerprint density at radius 3 is 2.72 bits per heavy atom. The van der Waals surface area contributed by atoms with Gasteiger partial charge in [-0.3, -0.25) is 9.59 Å². The molecule has 1 aliphatic heterocycles. The fourth-order valence-corrected chi connectivity index (χ4v) is 3.25. The molecule has 2 aromatic rings. The number of aryl methyl sites for hydroxylation is 1. The van der Waals surface area contributed by atoms with Crippen LogP contribution in [0.5, 0.6) is 5.75 Å². The van der Waals surface area contributed by atoms with Crippen molar-refractivity contribution in [3.63, 3.8) is 0 Å². The second-order valence-electron chi connectivity index (χ2n) is 6.41. The van der Waals surface area contributed by atoms with Crippen LogP contribution in [0.15, 0.2) is 48.7 Å². The van der Waals surface area contributed by atoms with E-state index in [1.807, 2.05) is 30.3 Å². The largest absolute Gasteiger partial charge is 0.505 e. The lowest BCUT2D eigenvalue weighted by molar-refractivity contribution is -0.124. The van der Waals surface area contributed by atoms with Crippen molar-refractivity contribution in [2.24, 2.45) is 5.92 Å². The Morgan fingerprint density at radius 1 is 1.16 bits per heavy atom. The summed E-state index contributed by atoms with van der Waals surface area (Å²) in [5.74, 6) is -0.359. The van der Waals surface area contributed by atoms with Crippen LogP contribution in [-0.4, -0.2) is 39.8 Å². The van der Waals surface area contributed by atoms with Crippen molar-refractivity contribution in [2.45, 2.75) is 25.7 Å². The van der Waals surface area contributed by atoms with Crippen molar-refractivity contribution in [3.05, 3.63) is 59.9 Å². The summed E-state index contributed by atoms with van der Waals surface area (Å²) < 4.78 is 0. The standard InChI is InChI=1S/C20H22N2O3/c23-17(11-10-15-6-2-1-3-7-15)16-8-5-13-22(14-16)20(25)19-18(24)9-4-12-21-19/h1-4,6-7,9,12,16,24H,5,8,10-11,13-14H2/t16-/m1/s1.